The molecule has 2 aliphatic rings. The van der Waals surface area contributed by atoms with Crippen LogP contribution in [0, 0.1) is 0 Å². The molecule has 1 amide bonds. The Hall–Kier alpha value is -2.24. The lowest BCUT2D eigenvalue weighted by Gasteiger charge is -2.34. The van der Waals surface area contributed by atoms with Gasteiger partial charge in [-0.2, -0.15) is 0 Å². The molecule has 1 fully saturated rings. The fourth-order valence-electron chi connectivity index (χ4n) is 3.21. The van der Waals surface area contributed by atoms with Gasteiger partial charge in [0.2, 0.25) is 6.79 Å². The van der Waals surface area contributed by atoms with Crippen molar-refractivity contribution in [1.82, 2.24) is 9.80 Å². The van der Waals surface area contributed by atoms with Gasteiger partial charge in [-0.3, -0.25) is 9.69 Å². The number of benzene rings is 2. The average Bonchev–Trinajstić information content (AvgIpc) is 3.09. The van der Waals surface area contributed by atoms with Crippen molar-refractivity contribution in [2.45, 2.75) is 6.54 Å². The molecule has 0 bridgehead atoms. The number of halogens is 1. The van der Waals surface area contributed by atoms with Gasteiger partial charge in [0, 0.05) is 43.3 Å². The summed E-state index contributed by atoms with van der Waals surface area (Å²) >= 11 is 6.04. The van der Waals surface area contributed by atoms with Crippen LogP contribution in [0.25, 0.3) is 0 Å². The van der Waals surface area contributed by atoms with E-state index in [1.165, 1.54) is 5.56 Å². The first-order valence-electron chi connectivity index (χ1n) is 8.35. The first-order chi connectivity index (χ1) is 12.2. The van der Waals surface area contributed by atoms with Gasteiger partial charge in [0.15, 0.2) is 11.5 Å². The number of hydrogen-bond donors (Lipinski definition) is 0. The molecule has 0 radical (unpaired) electrons. The van der Waals surface area contributed by atoms with E-state index < -0.39 is 0 Å². The first-order valence-corrected chi connectivity index (χ1v) is 8.72. The SMILES string of the molecule is O=C(c1ccc2c(c1)OCO2)N1CCN(Cc2cccc(Cl)c2)CC1. The minimum absolute atomic E-state index is 0.0423. The molecule has 0 spiro atoms. The third-order valence-electron chi connectivity index (χ3n) is 4.57. The van der Waals surface area contributed by atoms with E-state index >= 15 is 0 Å². The molecular weight excluding hydrogens is 340 g/mol. The summed E-state index contributed by atoms with van der Waals surface area (Å²) in [6.07, 6.45) is 0. The van der Waals surface area contributed by atoms with E-state index in [2.05, 4.69) is 11.0 Å². The Kier molecular flexibility index (Phi) is 4.51. The number of piperazine rings is 1. The second-order valence-electron chi connectivity index (χ2n) is 6.27. The summed E-state index contributed by atoms with van der Waals surface area (Å²) in [5.41, 5.74) is 1.84. The van der Waals surface area contributed by atoms with E-state index in [1.54, 1.807) is 18.2 Å². The van der Waals surface area contributed by atoms with E-state index in [4.69, 9.17) is 21.1 Å². The Morgan fingerprint density at radius 3 is 2.60 bits per heavy atom. The Morgan fingerprint density at radius 1 is 1.00 bits per heavy atom. The van der Waals surface area contributed by atoms with E-state index in [9.17, 15) is 4.79 Å². The number of amides is 1. The highest BCUT2D eigenvalue weighted by Crippen LogP contribution is 2.32. The molecule has 4 rings (SSSR count). The Labute approximate surface area is 151 Å². The van der Waals surface area contributed by atoms with Crippen LogP contribution >= 0.6 is 11.6 Å². The molecular formula is C19H19ClN2O3. The van der Waals surface area contributed by atoms with Crippen LogP contribution in [0.4, 0.5) is 0 Å². The third-order valence-corrected chi connectivity index (χ3v) is 4.81. The van der Waals surface area contributed by atoms with Gasteiger partial charge in [0.1, 0.15) is 0 Å². The minimum atomic E-state index is 0.0423. The molecule has 5 nitrogen and oxygen atoms in total. The molecule has 0 saturated carbocycles. The summed E-state index contributed by atoms with van der Waals surface area (Å²) in [7, 11) is 0. The topological polar surface area (TPSA) is 42.0 Å². The Morgan fingerprint density at radius 2 is 1.80 bits per heavy atom. The molecule has 1 saturated heterocycles. The second kappa shape index (κ2) is 6.94. The van der Waals surface area contributed by atoms with Crippen LogP contribution in [0.15, 0.2) is 42.5 Å². The van der Waals surface area contributed by atoms with Crippen molar-refractivity contribution in [2.75, 3.05) is 33.0 Å². The number of ether oxygens (including phenoxy) is 2. The van der Waals surface area contributed by atoms with Crippen LogP contribution in [-0.2, 0) is 6.54 Å². The highest BCUT2D eigenvalue weighted by atomic mass is 35.5. The summed E-state index contributed by atoms with van der Waals surface area (Å²) < 4.78 is 10.7. The van der Waals surface area contributed by atoms with Crippen LogP contribution in [0.3, 0.4) is 0 Å². The maximum atomic E-state index is 12.7. The quantitative estimate of drug-likeness (QED) is 0.845. The van der Waals surface area contributed by atoms with Crippen LogP contribution < -0.4 is 9.47 Å². The highest BCUT2D eigenvalue weighted by molar-refractivity contribution is 6.30. The summed E-state index contributed by atoms with van der Waals surface area (Å²) in [5.74, 6) is 1.38. The van der Waals surface area contributed by atoms with Gasteiger partial charge in [-0.25, -0.2) is 0 Å². The van der Waals surface area contributed by atoms with Gasteiger partial charge in [-0.1, -0.05) is 23.7 Å². The summed E-state index contributed by atoms with van der Waals surface area (Å²) in [6.45, 7) is 4.20. The molecule has 6 heteroatoms. The number of rotatable bonds is 3. The van der Waals surface area contributed by atoms with Gasteiger partial charge >= 0.3 is 0 Å². The predicted molar refractivity (Wildman–Crippen MR) is 95.2 cm³/mol. The smallest absolute Gasteiger partial charge is 0.254 e. The normalized spacial score (nSPS) is 16.9. The average molecular weight is 359 g/mol. The number of carbonyl (C=O) groups excluding carboxylic acids is 1. The summed E-state index contributed by atoms with van der Waals surface area (Å²) in [6, 6.07) is 13.3. The molecule has 0 atom stereocenters. The van der Waals surface area contributed by atoms with Crippen LogP contribution in [0.2, 0.25) is 5.02 Å². The van der Waals surface area contributed by atoms with E-state index in [1.807, 2.05) is 23.1 Å². The lowest BCUT2D eigenvalue weighted by molar-refractivity contribution is 0.0628. The standard InChI is InChI=1S/C19H19ClN2O3/c20-16-3-1-2-14(10-16)12-21-6-8-22(9-7-21)19(23)15-4-5-17-18(11-15)25-13-24-17/h1-5,10-11H,6-9,12-13H2. The minimum Gasteiger partial charge on any atom is -0.454 e. The highest BCUT2D eigenvalue weighted by Gasteiger charge is 2.24. The second-order valence-corrected chi connectivity index (χ2v) is 6.70. The number of nitrogens with zero attached hydrogens (tertiary/aromatic N) is 2. The molecule has 0 unspecified atom stereocenters. The van der Waals surface area contributed by atoms with E-state index in [-0.39, 0.29) is 12.7 Å². The molecule has 2 aliphatic heterocycles. The molecule has 0 N–H and O–H groups in total. The fourth-order valence-corrected chi connectivity index (χ4v) is 3.43. The lowest BCUT2D eigenvalue weighted by atomic mass is 10.1. The first kappa shape index (κ1) is 16.2. The zero-order valence-electron chi connectivity index (χ0n) is 13.8. The van der Waals surface area contributed by atoms with E-state index in [0.29, 0.717) is 30.2 Å². The van der Waals surface area contributed by atoms with E-state index in [0.717, 1.165) is 24.7 Å². The molecule has 130 valence electrons. The van der Waals surface area contributed by atoms with Crippen molar-refractivity contribution in [2.24, 2.45) is 0 Å². The van der Waals surface area contributed by atoms with Crippen molar-refractivity contribution in [3.8, 4) is 11.5 Å². The summed E-state index contributed by atoms with van der Waals surface area (Å²) in [4.78, 5) is 16.9. The van der Waals surface area contributed by atoms with Gasteiger partial charge in [-0.15, -0.1) is 0 Å². The molecule has 2 aromatic carbocycles. The lowest BCUT2D eigenvalue weighted by Crippen LogP contribution is -2.48. The van der Waals surface area contributed by atoms with Crippen molar-refractivity contribution in [3.63, 3.8) is 0 Å². The maximum absolute atomic E-state index is 12.7. The van der Waals surface area contributed by atoms with Gasteiger partial charge < -0.3 is 14.4 Å². The maximum Gasteiger partial charge on any atom is 0.254 e. The van der Waals surface area contributed by atoms with Crippen molar-refractivity contribution in [1.29, 1.82) is 0 Å². The van der Waals surface area contributed by atoms with Gasteiger partial charge in [0.25, 0.3) is 5.91 Å². The molecule has 2 heterocycles. The fraction of sp³-hybridized carbons (Fsp3) is 0.316. The van der Waals surface area contributed by atoms with Crippen molar-refractivity contribution < 1.29 is 14.3 Å². The summed E-state index contributed by atoms with van der Waals surface area (Å²) in [5, 5.41) is 0.758. The van der Waals surface area contributed by atoms with Crippen LogP contribution in [0.1, 0.15) is 15.9 Å². The van der Waals surface area contributed by atoms with Crippen molar-refractivity contribution in [3.05, 3.63) is 58.6 Å². The molecule has 2 aromatic rings. The predicted octanol–water partition coefficient (Wildman–Crippen LogP) is 3.03. The number of hydrogen-bond acceptors (Lipinski definition) is 4. The van der Waals surface area contributed by atoms with Gasteiger partial charge in [-0.05, 0) is 35.9 Å². The Bertz CT molecular complexity index is 788. The number of carbonyl (C=O) groups is 1. The van der Waals surface area contributed by atoms with Crippen LogP contribution in [0.5, 0.6) is 11.5 Å². The number of fused-ring (bicyclic) bond motifs is 1. The zero-order chi connectivity index (χ0) is 17.2. The Balaban J connectivity index is 1.36. The molecule has 25 heavy (non-hydrogen) atoms. The zero-order valence-corrected chi connectivity index (χ0v) is 14.5. The largest absolute Gasteiger partial charge is 0.454 e. The monoisotopic (exact) mass is 358 g/mol. The third kappa shape index (κ3) is 3.57. The van der Waals surface area contributed by atoms with Gasteiger partial charge in [0.05, 0.1) is 0 Å². The molecule has 0 aliphatic carbocycles. The molecule has 0 aromatic heterocycles. The van der Waals surface area contributed by atoms with Crippen molar-refractivity contribution >= 4 is 17.5 Å². The van der Waals surface area contributed by atoms with Crippen LogP contribution in [-0.4, -0.2) is 48.7 Å².